The van der Waals surface area contributed by atoms with Crippen molar-refractivity contribution in [2.24, 2.45) is 4.99 Å². The number of esters is 1. The van der Waals surface area contributed by atoms with Crippen molar-refractivity contribution in [3.8, 4) is 11.5 Å². The summed E-state index contributed by atoms with van der Waals surface area (Å²) >= 11 is 12.2. The molecule has 3 rings (SSSR count). The molecule has 2 aromatic carbocycles. The Morgan fingerprint density at radius 1 is 1.12 bits per heavy atom. The standard InChI is InChI=1S/C18H13Cl2NO4/c1-23-11-6-7-15(24-2)10(8-11)9-14-18(22)25-17(21-14)12-4-3-5-13(19)16(12)20/h3-9H,1-2H3. The topological polar surface area (TPSA) is 57.1 Å². The fourth-order valence-electron chi connectivity index (χ4n) is 2.29. The summed E-state index contributed by atoms with van der Waals surface area (Å²) < 4.78 is 15.7. The molecule has 0 atom stereocenters. The van der Waals surface area contributed by atoms with E-state index in [-0.39, 0.29) is 16.6 Å². The van der Waals surface area contributed by atoms with Crippen LogP contribution < -0.4 is 9.47 Å². The first-order valence-corrected chi connectivity index (χ1v) is 7.98. The van der Waals surface area contributed by atoms with Gasteiger partial charge in [0.25, 0.3) is 0 Å². The number of methoxy groups -OCH3 is 2. The van der Waals surface area contributed by atoms with Crippen molar-refractivity contribution in [1.82, 2.24) is 0 Å². The SMILES string of the molecule is COc1ccc(OC)c(C=C2N=C(c3cccc(Cl)c3Cl)OC2=O)c1. The minimum atomic E-state index is -0.587. The first-order chi connectivity index (χ1) is 12.0. The van der Waals surface area contributed by atoms with Gasteiger partial charge >= 0.3 is 5.97 Å². The predicted molar refractivity (Wildman–Crippen MR) is 96.6 cm³/mol. The minimum Gasteiger partial charge on any atom is -0.497 e. The van der Waals surface area contributed by atoms with E-state index < -0.39 is 5.97 Å². The van der Waals surface area contributed by atoms with Gasteiger partial charge in [0, 0.05) is 5.56 Å². The van der Waals surface area contributed by atoms with Crippen molar-refractivity contribution in [1.29, 1.82) is 0 Å². The van der Waals surface area contributed by atoms with Crippen molar-refractivity contribution >= 4 is 41.1 Å². The van der Waals surface area contributed by atoms with Crippen molar-refractivity contribution < 1.29 is 19.0 Å². The summed E-state index contributed by atoms with van der Waals surface area (Å²) in [5.41, 5.74) is 1.21. The van der Waals surface area contributed by atoms with Crippen LogP contribution in [0.25, 0.3) is 6.08 Å². The summed E-state index contributed by atoms with van der Waals surface area (Å²) in [7, 11) is 3.09. The molecule has 128 valence electrons. The average molecular weight is 378 g/mol. The smallest absolute Gasteiger partial charge is 0.363 e. The second-order valence-electron chi connectivity index (χ2n) is 5.05. The molecule has 0 saturated heterocycles. The molecule has 0 aromatic heterocycles. The molecule has 2 aromatic rings. The number of cyclic esters (lactones) is 1. The highest BCUT2D eigenvalue weighted by Gasteiger charge is 2.26. The molecule has 0 bridgehead atoms. The fraction of sp³-hybridized carbons (Fsp3) is 0.111. The lowest BCUT2D eigenvalue weighted by atomic mass is 10.1. The normalized spacial score (nSPS) is 15.1. The van der Waals surface area contributed by atoms with E-state index in [9.17, 15) is 4.79 Å². The van der Waals surface area contributed by atoms with Gasteiger partial charge in [0.15, 0.2) is 5.70 Å². The lowest BCUT2D eigenvalue weighted by Crippen LogP contribution is -2.06. The van der Waals surface area contributed by atoms with Gasteiger partial charge in [-0.2, -0.15) is 0 Å². The molecular formula is C18H13Cl2NO4. The van der Waals surface area contributed by atoms with Crippen LogP contribution in [-0.4, -0.2) is 26.1 Å². The van der Waals surface area contributed by atoms with E-state index in [1.807, 2.05) is 0 Å². The van der Waals surface area contributed by atoms with Gasteiger partial charge in [-0.3, -0.25) is 0 Å². The van der Waals surface area contributed by atoms with Crippen LogP contribution in [0.3, 0.4) is 0 Å². The van der Waals surface area contributed by atoms with Crippen molar-refractivity contribution in [3.05, 3.63) is 63.3 Å². The number of carbonyl (C=O) groups excluding carboxylic acids is 1. The van der Waals surface area contributed by atoms with Crippen molar-refractivity contribution in [2.45, 2.75) is 0 Å². The van der Waals surface area contributed by atoms with Crippen LogP contribution in [0, 0.1) is 0 Å². The van der Waals surface area contributed by atoms with Crippen LogP contribution in [0.4, 0.5) is 0 Å². The third kappa shape index (κ3) is 3.48. The molecule has 0 spiro atoms. The molecule has 0 amide bonds. The minimum absolute atomic E-state index is 0.102. The molecule has 0 saturated carbocycles. The predicted octanol–water partition coefficient (Wildman–Crippen LogP) is 4.36. The highest BCUT2D eigenvalue weighted by molar-refractivity contribution is 6.44. The Balaban J connectivity index is 2.03. The first kappa shape index (κ1) is 17.3. The quantitative estimate of drug-likeness (QED) is 0.586. The zero-order valence-electron chi connectivity index (χ0n) is 13.4. The Labute approximate surface area is 154 Å². The molecule has 0 unspecified atom stereocenters. The molecule has 25 heavy (non-hydrogen) atoms. The number of ether oxygens (including phenoxy) is 3. The van der Waals surface area contributed by atoms with Crippen LogP contribution in [-0.2, 0) is 9.53 Å². The van der Waals surface area contributed by atoms with Crippen LogP contribution in [0.15, 0.2) is 47.1 Å². The summed E-state index contributed by atoms with van der Waals surface area (Å²) in [6.45, 7) is 0. The van der Waals surface area contributed by atoms with Gasteiger partial charge in [-0.05, 0) is 36.4 Å². The number of hydrogen-bond donors (Lipinski definition) is 0. The third-order valence-corrected chi connectivity index (χ3v) is 4.35. The zero-order valence-corrected chi connectivity index (χ0v) is 14.9. The van der Waals surface area contributed by atoms with Gasteiger partial charge in [0.1, 0.15) is 11.5 Å². The maximum Gasteiger partial charge on any atom is 0.363 e. The average Bonchev–Trinajstić information content (AvgIpc) is 2.97. The van der Waals surface area contributed by atoms with Gasteiger partial charge in [-0.15, -0.1) is 0 Å². The highest BCUT2D eigenvalue weighted by atomic mass is 35.5. The van der Waals surface area contributed by atoms with Crippen LogP contribution in [0.1, 0.15) is 11.1 Å². The zero-order chi connectivity index (χ0) is 18.0. The molecule has 1 aliphatic heterocycles. The lowest BCUT2D eigenvalue weighted by Gasteiger charge is -2.07. The van der Waals surface area contributed by atoms with Gasteiger partial charge in [-0.1, -0.05) is 29.3 Å². The maximum absolute atomic E-state index is 12.2. The number of rotatable bonds is 4. The van der Waals surface area contributed by atoms with Crippen LogP contribution >= 0.6 is 23.2 Å². The molecule has 7 heteroatoms. The number of aliphatic imine (C=N–C) groups is 1. The maximum atomic E-state index is 12.2. The summed E-state index contributed by atoms with van der Waals surface area (Å²) in [6, 6.07) is 10.3. The Bertz CT molecular complexity index is 906. The van der Waals surface area contributed by atoms with E-state index >= 15 is 0 Å². The Kier molecular flexibility index (Phi) is 4.97. The van der Waals surface area contributed by atoms with Gasteiger partial charge in [0.05, 0.1) is 29.8 Å². The van der Waals surface area contributed by atoms with E-state index in [1.54, 1.807) is 49.6 Å². The van der Waals surface area contributed by atoms with Gasteiger partial charge < -0.3 is 14.2 Å². The Morgan fingerprint density at radius 2 is 1.92 bits per heavy atom. The third-order valence-electron chi connectivity index (χ3n) is 3.53. The molecule has 0 radical (unpaired) electrons. The van der Waals surface area contributed by atoms with E-state index in [0.717, 1.165) is 0 Å². The molecule has 0 aliphatic carbocycles. The van der Waals surface area contributed by atoms with Crippen LogP contribution in [0.5, 0.6) is 11.5 Å². The molecule has 0 N–H and O–H groups in total. The first-order valence-electron chi connectivity index (χ1n) is 7.22. The van der Waals surface area contributed by atoms with E-state index in [4.69, 9.17) is 37.4 Å². The molecule has 1 aliphatic rings. The number of benzene rings is 2. The van der Waals surface area contributed by atoms with Gasteiger partial charge in [0.2, 0.25) is 5.90 Å². The van der Waals surface area contributed by atoms with Crippen molar-refractivity contribution in [3.63, 3.8) is 0 Å². The Hall–Kier alpha value is -2.50. The summed E-state index contributed by atoms with van der Waals surface area (Å²) in [5, 5.41) is 0.626. The molecular weight excluding hydrogens is 365 g/mol. The summed E-state index contributed by atoms with van der Waals surface area (Å²) in [6.07, 6.45) is 1.56. The monoisotopic (exact) mass is 377 g/mol. The molecule has 5 nitrogen and oxygen atoms in total. The largest absolute Gasteiger partial charge is 0.497 e. The van der Waals surface area contributed by atoms with E-state index in [1.165, 1.54) is 7.11 Å². The Morgan fingerprint density at radius 3 is 2.64 bits per heavy atom. The molecule has 1 heterocycles. The lowest BCUT2D eigenvalue weighted by molar-refractivity contribution is -0.129. The number of halogens is 2. The molecule has 0 fully saturated rings. The number of carbonyl (C=O) groups is 1. The number of hydrogen-bond acceptors (Lipinski definition) is 5. The van der Waals surface area contributed by atoms with Gasteiger partial charge in [-0.25, -0.2) is 9.79 Å². The summed E-state index contributed by atoms with van der Waals surface area (Å²) in [4.78, 5) is 16.4. The number of nitrogens with zero attached hydrogens (tertiary/aromatic N) is 1. The second-order valence-corrected chi connectivity index (χ2v) is 5.83. The summed E-state index contributed by atoms with van der Waals surface area (Å²) in [5.74, 6) is 0.716. The van der Waals surface area contributed by atoms with E-state index in [0.29, 0.717) is 27.6 Å². The second kappa shape index (κ2) is 7.17. The van der Waals surface area contributed by atoms with Crippen LogP contribution in [0.2, 0.25) is 10.0 Å². The fourth-order valence-corrected chi connectivity index (χ4v) is 2.67. The van der Waals surface area contributed by atoms with E-state index in [2.05, 4.69) is 4.99 Å². The highest BCUT2D eigenvalue weighted by Crippen LogP contribution is 2.31. The van der Waals surface area contributed by atoms with Crippen molar-refractivity contribution in [2.75, 3.05) is 14.2 Å².